The highest BCUT2D eigenvalue weighted by Crippen LogP contribution is 2.24. The number of amides is 1. The number of nitrogen functional groups attached to an aromatic ring is 1. The molecular weight excluding hydrogens is 262 g/mol. The summed E-state index contributed by atoms with van der Waals surface area (Å²) in [7, 11) is 0. The van der Waals surface area contributed by atoms with Gasteiger partial charge in [-0.3, -0.25) is 4.79 Å². The summed E-state index contributed by atoms with van der Waals surface area (Å²) in [6, 6.07) is 15.1. The largest absolute Gasteiger partial charge is 0.397 e. The topological polar surface area (TPSA) is 67.2 Å². The van der Waals surface area contributed by atoms with Crippen molar-refractivity contribution in [1.82, 2.24) is 5.32 Å². The SMILES string of the molecule is CC(C)CNC(=O)c1ccc(Nc2ccccc2)c(N)c1. The minimum absolute atomic E-state index is 0.0957. The van der Waals surface area contributed by atoms with Crippen LogP contribution in [0.1, 0.15) is 24.2 Å². The first-order valence-electron chi connectivity index (χ1n) is 7.06. The summed E-state index contributed by atoms with van der Waals surface area (Å²) in [5, 5.41) is 6.11. The molecule has 4 heteroatoms. The lowest BCUT2D eigenvalue weighted by Crippen LogP contribution is -2.27. The maximum Gasteiger partial charge on any atom is 0.251 e. The van der Waals surface area contributed by atoms with Gasteiger partial charge in [-0.15, -0.1) is 0 Å². The van der Waals surface area contributed by atoms with E-state index in [1.807, 2.05) is 36.4 Å². The average Bonchev–Trinajstić information content (AvgIpc) is 2.48. The number of nitrogens with one attached hydrogen (secondary N) is 2. The zero-order valence-electron chi connectivity index (χ0n) is 12.4. The molecule has 0 saturated heterocycles. The van der Waals surface area contributed by atoms with Crippen molar-refractivity contribution >= 4 is 23.0 Å². The molecule has 0 saturated carbocycles. The molecule has 0 unspecified atom stereocenters. The van der Waals surface area contributed by atoms with E-state index in [4.69, 9.17) is 5.73 Å². The minimum atomic E-state index is -0.0957. The van der Waals surface area contributed by atoms with E-state index in [-0.39, 0.29) is 5.91 Å². The molecule has 0 fully saturated rings. The standard InChI is InChI=1S/C17H21N3O/c1-12(2)11-19-17(21)13-8-9-16(15(18)10-13)20-14-6-4-3-5-7-14/h3-10,12,20H,11,18H2,1-2H3,(H,19,21). The van der Waals surface area contributed by atoms with Crippen LogP contribution in [0.3, 0.4) is 0 Å². The number of carbonyl (C=O) groups excluding carboxylic acids is 1. The molecular formula is C17H21N3O. The van der Waals surface area contributed by atoms with Gasteiger partial charge in [0.15, 0.2) is 0 Å². The molecule has 0 aliphatic carbocycles. The Labute approximate surface area is 125 Å². The summed E-state index contributed by atoms with van der Waals surface area (Å²) in [6.07, 6.45) is 0. The molecule has 0 atom stereocenters. The van der Waals surface area contributed by atoms with Gasteiger partial charge in [-0.1, -0.05) is 32.0 Å². The molecule has 0 aromatic heterocycles. The van der Waals surface area contributed by atoms with Crippen LogP contribution in [0.4, 0.5) is 17.1 Å². The fraction of sp³-hybridized carbons (Fsp3) is 0.235. The van der Waals surface area contributed by atoms with E-state index in [0.29, 0.717) is 23.7 Å². The molecule has 2 rings (SSSR count). The Morgan fingerprint density at radius 1 is 1.14 bits per heavy atom. The van der Waals surface area contributed by atoms with Crippen LogP contribution in [0.5, 0.6) is 0 Å². The van der Waals surface area contributed by atoms with E-state index in [2.05, 4.69) is 24.5 Å². The Morgan fingerprint density at radius 2 is 1.86 bits per heavy atom. The van der Waals surface area contributed by atoms with Crippen molar-refractivity contribution in [3.05, 3.63) is 54.1 Å². The van der Waals surface area contributed by atoms with Gasteiger partial charge in [-0.2, -0.15) is 0 Å². The Bertz CT molecular complexity index is 609. The van der Waals surface area contributed by atoms with Gasteiger partial charge in [-0.25, -0.2) is 0 Å². The third kappa shape index (κ3) is 4.24. The Balaban J connectivity index is 2.08. The summed E-state index contributed by atoms with van der Waals surface area (Å²) in [6.45, 7) is 4.77. The highest BCUT2D eigenvalue weighted by atomic mass is 16.1. The fourth-order valence-corrected chi connectivity index (χ4v) is 1.89. The van der Waals surface area contributed by atoms with Gasteiger partial charge in [-0.05, 0) is 36.2 Å². The highest BCUT2D eigenvalue weighted by molar-refractivity contribution is 5.96. The van der Waals surface area contributed by atoms with Crippen molar-refractivity contribution in [3.8, 4) is 0 Å². The van der Waals surface area contributed by atoms with E-state index in [1.165, 1.54) is 0 Å². The Hall–Kier alpha value is -2.49. The molecule has 1 amide bonds. The molecule has 0 spiro atoms. The molecule has 110 valence electrons. The van der Waals surface area contributed by atoms with Crippen molar-refractivity contribution in [1.29, 1.82) is 0 Å². The van der Waals surface area contributed by atoms with Gasteiger partial charge >= 0.3 is 0 Å². The van der Waals surface area contributed by atoms with Crippen LogP contribution in [-0.2, 0) is 0 Å². The Kier molecular flexibility index (Phi) is 4.82. The monoisotopic (exact) mass is 283 g/mol. The predicted octanol–water partition coefficient (Wildman–Crippen LogP) is 3.40. The average molecular weight is 283 g/mol. The predicted molar refractivity (Wildman–Crippen MR) is 87.8 cm³/mol. The van der Waals surface area contributed by atoms with Crippen molar-refractivity contribution in [2.24, 2.45) is 5.92 Å². The van der Waals surface area contributed by atoms with Crippen LogP contribution < -0.4 is 16.4 Å². The molecule has 21 heavy (non-hydrogen) atoms. The molecule has 4 nitrogen and oxygen atoms in total. The van der Waals surface area contributed by atoms with Crippen LogP contribution in [0, 0.1) is 5.92 Å². The third-order valence-corrected chi connectivity index (χ3v) is 3.04. The maximum atomic E-state index is 12.0. The molecule has 2 aromatic carbocycles. The second-order valence-corrected chi connectivity index (χ2v) is 5.40. The number of carbonyl (C=O) groups is 1. The first-order chi connectivity index (χ1) is 10.1. The number of para-hydroxylation sites is 1. The third-order valence-electron chi connectivity index (χ3n) is 3.04. The smallest absolute Gasteiger partial charge is 0.251 e. The van der Waals surface area contributed by atoms with Crippen LogP contribution in [0.15, 0.2) is 48.5 Å². The number of nitrogens with two attached hydrogens (primary N) is 1. The van der Waals surface area contributed by atoms with Gasteiger partial charge in [0, 0.05) is 17.8 Å². The Morgan fingerprint density at radius 3 is 2.48 bits per heavy atom. The fourth-order valence-electron chi connectivity index (χ4n) is 1.89. The molecule has 0 radical (unpaired) electrons. The summed E-state index contributed by atoms with van der Waals surface area (Å²) >= 11 is 0. The summed E-state index contributed by atoms with van der Waals surface area (Å²) in [5.41, 5.74) is 8.90. The van der Waals surface area contributed by atoms with Gasteiger partial charge in [0.25, 0.3) is 5.91 Å². The quantitative estimate of drug-likeness (QED) is 0.737. The molecule has 0 aliphatic heterocycles. The molecule has 4 N–H and O–H groups in total. The van der Waals surface area contributed by atoms with E-state index in [0.717, 1.165) is 11.4 Å². The van der Waals surface area contributed by atoms with Crippen molar-refractivity contribution in [3.63, 3.8) is 0 Å². The number of hydrogen-bond acceptors (Lipinski definition) is 3. The van der Waals surface area contributed by atoms with Gasteiger partial charge in [0.2, 0.25) is 0 Å². The lowest BCUT2D eigenvalue weighted by molar-refractivity contribution is 0.0949. The summed E-state index contributed by atoms with van der Waals surface area (Å²) in [4.78, 5) is 12.0. The number of hydrogen-bond donors (Lipinski definition) is 3. The first kappa shape index (κ1) is 14.9. The zero-order chi connectivity index (χ0) is 15.2. The lowest BCUT2D eigenvalue weighted by Gasteiger charge is -2.12. The molecule has 0 aliphatic rings. The molecule has 0 bridgehead atoms. The van der Waals surface area contributed by atoms with Crippen LogP contribution in [0.2, 0.25) is 0 Å². The second-order valence-electron chi connectivity index (χ2n) is 5.40. The summed E-state index contributed by atoms with van der Waals surface area (Å²) in [5.74, 6) is 0.326. The van der Waals surface area contributed by atoms with E-state index in [1.54, 1.807) is 12.1 Å². The number of rotatable bonds is 5. The molecule has 0 heterocycles. The maximum absolute atomic E-state index is 12.0. The van der Waals surface area contributed by atoms with Crippen LogP contribution in [0.25, 0.3) is 0 Å². The van der Waals surface area contributed by atoms with Crippen molar-refractivity contribution in [2.45, 2.75) is 13.8 Å². The molecule has 2 aromatic rings. The van der Waals surface area contributed by atoms with Gasteiger partial charge in [0.1, 0.15) is 0 Å². The lowest BCUT2D eigenvalue weighted by atomic mass is 10.1. The zero-order valence-corrected chi connectivity index (χ0v) is 12.4. The van der Waals surface area contributed by atoms with Crippen molar-refractivity contribution in [2.75, 3.05) is 17.6 Å². The normalized spacial score (nSPS) is 10.4. The second kappa shape index (κ2) is 6.79. The first-order valence-corrected chi connectivity index (χ1v) is 7.06. The number of benzene rings is 2. The highest BCUT2D eigenvalue weighted by Gasteiger charge is 2.08. The van der Waals surface area contributed by atoms with Crippen molar-refractivity contribution < 1.29 is 4.79 Å². The summed E-state index contributed by atoms with van der Waals surface area (Å²) < 4.78 is 0. The van der Waals surface area contributed by atoms with Gasteiger partial charge < -0.3 is 16.4 Å². The minimum Gasteiger partial charge on any atom is -0.397 e. The van der Waals surface area contributed by atoms with Gasteiger partial charge in [0.05, 0.1) is 11.4 Å². The van der Waals surface area contributed by atoms with E-state index >= 15 is 0 Å². The van der Waals surface area contributed by atoms with Crippen LogP contribution in [-0.4, -0.2) is 12.5 Å². The van der Waals surface area contributed by atoms with E-state index < -0.39 is 0 Å². The number of anilines is 3. The van der Waals surface area contributed by atoms with Crippen LogP contribution >= 0.6 is 0 Å². The van der Waals surface area contributed by atoms with E-state index in [9.17, 15) is 4.79 Å².